The van der Waals surface area contributed by atoms with Gasteiger partial charge in [0.15, 0.2) is 5.65 Å². The number of nitrogens with zero attached hydrogens (tertiary/aromatic N) is 4. The number of hydrogen-bond donors (Lipinski definition) is 0. The number of fused-ring (bicyclic) bond motifs is 1. The van der Waals surface area contributed by atoms with Gasteiger partial charge in [-0.3, -0.25) is 9.36 Å². The van der Waals surface area contributed by atoms with Crippen LogP contribution >= 0.6 is 0 Å². The molecule has 4 aromatic rings. The molecule has 0 aliphatic carbocycles. The van der Waals surface area contributed by atoms with E-state index in [1.54, 1.807) is 45.0 Å². The molecule has 1 aromatic carbocycles. The molecular weight excluding hydrogens is 440 g/mol. The number of rotatable bonds is 6. The highest BCUT2D eigenvalue weighted by Gasteiger charge is 2.24. The highest BCUT2D eigenvalue weighted by Crippen LogP contribution is 2.25. The highest BCUT2D eigenvalue weighted by atomic mass is 16.5. The Morgan fingerprint density at radius 2 is 1.85 bits per heavy atom. The van der Waals surface area contributed by atoms with Gasteiger partial charge in [-0.25, -0.2) is 19.1 Å². The van der Waals surface area contributed by atoms with Crippen molar-refractivity contribution in [3.05, 3.63) is 79.4 Å². The normalized spacial score (nSPS) is 11.1. The third-order valence-corrected chi connectivity index (χ3v) is 5.72. The molecule has 0 bridgehead atoms. The summed E-state index contributed by atoms with van der Waals surface area (Å²) < 4.78 is 18.0. The van der Waals surface area contributed by atoms with Gasteiger partial charge in [0.2, 0.25) is 0 Å². The summed E-state index contributed by atoms with van der Waals surface area (Å²) in [5.74, 6) is 0.323. The molecule has 4 rings (SSSR count). The Kier molecular flexibility index (Phi) is 6.06. The van der Waals surface area contributed by atoms with Crippen molar-refractivity contribution in [2.75, 3.05) is 14.2 Å². The second-order valence-corrected chi connectivity index (χ2v) is 7.80. The Hall–Kier alpha value is -4.21. The third kappa shape index (κ3) is 3.76. The van der Waals surface area contributed by atoms with Crippen LogP contribution in [0, 0.1) is 20.8 Å². The Bertz CT molecular complexity index is 1510. The molecule has 34 heavy (non-hydrogen) atoms. The largest absolute Gasteiger partial charge is 0.495 e. The second-order valence-electron chi connectivity index (χ2n) is 7.80. The first-order valence-corrected chi connectivity index (χ1v) is 10.6. The fourth-order valence-electron chi connectivity index (χ4n) is 4.04. The first kappa shape index (κ1) is 23.0. The van der Waals surface area contributed by atoms with Crippen molar-refractivity contribution in [2.45, 2.75) is 33.7 Å². The Labute approximate surface area is 194 Å². The summed E-state index contributed by atoms with van der Waals surface area (Å²) in [7, 11) is 2.72. The molecule has 0 unspecified atom stereocenters. The van der Waals surface area contributed by atoms with Crippen molar-refractivity contribution >= 4 is 17.0 Å². The van der Waals surface area contributed by atoms with E-state index in [0.717, 1.165) is 10.1 Å². The van der Waals surface area contributed by atoms with Crippen LogP contribution < -0.4 is 16.0 Å². The van der Waals surface area contributed by atoms with Gasteiger partial charge in [0, 0.05) is 17.8 Å². The quantitative estimate of drug-likeness (QED) is 0.400. The standard InChI is InChI=1S/C24H24N4O6/c1-13-12-17(23(30)33-5)20-21(25-13)28(18-8-6-7-9-19(18)32-4)24(31)27(22(20)29)11-10-16-14(2)26-34-15(16)3/h6-9,12H,10-11H2,1-5H3. The van der Waals surface area contributed by atoms with Crippen molar-refractivity contribution in [3.63, 3.8) is 0 Å². The molecule has 176 valence electrons. The summed E-state index contributed by atoms with van der Waals surface area (Å²) in [6.45, 7) is 5.28. The fourth-order valence-corrected chi connectivity index (χ4v) is 4.04. The predicted octanol–water partition coefficient (Wildman–Crippen LogP) is 2.50. The number of methoxy groups -OCH3 is 2. The summed E-state index contributed by atoms with van der Waals surface area (Å²) in [6, 6.07) is 8.37. The molecule has 0 saturated heterocycles. The molecular formula is C24H24N4O6. The number of carbonyl (C=O) groups excluding carboxylic acids is 1. The lowest BCUT2D eigenvalue weighted by atomic mass is 10.1. The SMILES string of the molecule is COC(=O)c1cc(C)nc2c1c(=O)n(CCc1c(C)noc1C)c(=O)n2-c1ccccc1OC. The maximum Gasteiger partial charge on any atom is 0.338 e. The van der Waals surface area contributed by atoms with Gasteiger partial charge in [-0.1, -0.05) is 17.3 Å². The summed E-state index contributed by atoms with van der Waals surface area (Å²) >= 11 is 0. The van der Waals surface area contributed by atoms with E-state index in [1.165, 1.54) is 24.9 Å². The average molecular weight is 464 g/mol. The monoisotopic (exact) mass is 464 g/mol. The zero-order valence-electron chi connectivity index (χ0n) is 19.5. The van der Waals surface area contributed by atoms with Gasteiger partial charge in [0.25, 0.3) is 5.56 Å². The van der Waals surface area contributed by atoms with Crippen LogP contribution in [-0.4, -0.2) is 39.5 Å². The van der Waals surface area contributed by atoms with Crippen molar-refractivity contribution in [2.24, 2.45) is 0 Å². The predicted molar refractivity (Wildman–Crippen MR) is 124 cm³/mol. The zero-order chi connectivity index (χ0) is 24.6. The summed E-state index contributed by atoms with van der Waals surface area (Å²) in [5.41, 5.74) is 1.17. The minimum Gasteiger partial charge on any atom is -0.495 e. The van der Waals surface area contributed by atoms with E-state index in [9.17, 15) is 14.4 Å². The Morgan fingerprint density at radius 1 is 1.12 bits per heavy atom. The molecule has 3 aromatic heterocycles. The van der Waals surface area contributed by atoms with Crippen molar-refractivity contribution in [3.8, 4) is 11.4 Å². The Balaban J connectivity index is 2.08. The topological polar surface area (TPSA) is 118 Å². The van der Waals surface area contributed by atoms with Crippen LogP contribution in [0.25, 0.3) is 16.7 Å². The van der Waals surface area contributed by atoms with Crippen LogP contribution in [-0.2, 0) is 17.7 Å². The molecule has 0 aliphatic rings. The lowest BCUT2D eigenvalue weighted by molar-refractivity contribution is 0.0602. The van der Waals surface area contributed by atoms with Crippen LogP contribution in [0.3, 0.4) is 0 Å². The molecule has 0 spiro atoms. The summed E-state index contributed by atoms with van der Waals surface area (Å²) in [6.07, 6.45) is 0.334. The summed E-state index contributed by atoms with van der Waals surface area (Å²) in [5, 5.41) is 3.92. The van der Waals surface area contributed by atoms with Crippen LogP contribution in [0.1, 0.15) is 33.1 Å². The smallest absolute Gasteiger partial charge is 0.338 e. The molecule has 3 heterocycles. The van der Waals surface area contributed by atoms with E-state index in [-0.39, 0.29) is 23.1 Å². The minimum atomic E-state index is -0.699. The second kappa shape index (κ2) is 8.97. The number of esters is 1. The molecule has 0 N–H and O–H groups in total. The Morgan fingerprint density at radius 3 is 2.50 bits per heavy atom. The first-order valence-electron chi connectivity index (χ1n) is 10.6. The van der Waals surface area contributed by atoms with Crippen molar-refractivity contribution in [1.29, 1.82) is 0 Å². The van der Waals surface area contributed by atoms with Gasteiger partial charge in [0.1, 0.15) is 11.5 Å². The van der Waals surface area contributed by atoms with Gasteiger partial charge < -0.3 is 14.0 Å². The first-order chi connectivity index (χ1) is 16.3. The molecule has 0 fully saturated rings. The van der Waals surface area contributed by atoms with Crippen molar-refractivity contribution in [1.82, 2.24) is 19.3 Å². The number of para-hydroxylation sites is 2. The maximum atomic E-state index is 13.7. The zero-order valence-corrected chi connectivity index (χ0v) is 19.5. The van der Waals surface area contributed by atoms with Crippen LogP contribution in [0.2, 0.25) is 0 Å². The molecule has 0 radical (unpaired) electrons. The minimum absolute atomic E-state index is 0.0123. The number of aromatic nitrogens is 4. The lowest BCUT2D eigenvalue weighted by Gasteiger charge is -2.17. The number of ether oxygens (including phenoxy) is 2. The van der Waals surface area contributed by atoms with Gasteiger partial charge >= 0.3 is 11.7 Å². The fraction of sp³-hybridized carbons (Fsp3) is 0.292. The van der Waals surface area contributed by atoms with Crippen LogP contribution in [0.15, 0.2) is 44.4 Å². The van der Waals surface area contributed by atoms with Gasteiger partial charge in [0.05, 0.1) is 36.6 Å². The molecule has 10 heteroatoms. The molecule has 0 atom stereocenters. The van der Waals surface area contributed by atoms with Crippen LogP contribution in [0.5, 0.6) is 5.75 Å². The van der Waals surface area contributed by atoms with E-state index in [0.29, 0.717) is 35.0 Å². The molecule has 0 saturated carbocycles. The highest BCUT2D eigenvalue weighted by molar-refractivity contribution is 6.02. The average Bonchev–Trinajstić information content (AvgIpc) is 3.15. The van der Waals surface area contributed by atoms with E-state index >= 15 is 0 Å². The maximum absolute atomic E-state index is 13.7. The summed E-state index contributed by atoms with van der Waals surface area (Å²) in [4.78, 5) is 44.4. The third-order valence-electron chi connectivity index (χ3n) is 5.72. The number of pyridine rings is 1. The van der Waals surface area contributed by atoms with Crippen molar-refractivity contribution < 1.29 is 18.8 Å². The number of aryl methyl sites for hydroxylation is 3. The van der Waals surface area contributed by atoms with E-state index < -0.39 is 17.2 Å². The molecule has 10 nitrogen and oxygen atoms in total. The number of carbonyl (C=O) groups is 1. The number of benzene rings is 1. The van der Waals surface area contributed by atoms with Gasteiger partial charge in [-0.15, -0.1) is 0 Å². The number of hydrogen-bond acceptors (Lipinski definition) is 8. The van der Waals surface area contributed by atoms with Crippen LogP contribution in [0.4, 0.5) is 0 Å². The van der Waals surface area contributed by atoms with E-state index in [2.05, 4.69) is 10.1 Å². The molecule has 0 aliphatic heterocycles. The molecule has 0 amide bonds. The van der Waals surface area contributed by atoms with Gasteiger partial charge in [-0.2, -0.15) is 0 Å². The van der Waals surface area contributed by atoms with E-state index in [1.807, 2.05) is 0 Å². The van der Waals surface area contributed by atoms with E-state index in [4.69, 9.17) is 14.0 Å². The lowest BCUT2D eigenvalue weighted by Crippen LogP contribution is -2.41. The van der Waals surface area contributed by atoms with Gasteiger partial charge in [-0.05, 0) is 45.4 Å².